The van der Waals surface area contributed by atoms with E-state index < -0.39 is 12.1 Å². The van der Waals surface area contributed by atoms with E-state index in [1.807, 2.05) is 13.8 Å². The van der Waals surface area contributed by atoms with E-state index in [1.54, 1.807) is 0 Å². The lowest BCUT2D eigenvalue weighted by Gasteiger charge is -2.27. The van der Waals surface area contributed by atoms with Crippen molar-refractivity contribution >= 4 is 11.8 Å². The lowest BCUT2D eigenvalue weighted by Crippen LogP contribution is -2.52. The Bertz CT molecular complexity index is 371. The predicted molar refractivity (Wildman–Crippen MR) is 93.7 cm³/mol. The number of hydrogen-bond acceptors (Lipinski definition) is 4. The minimum atomic E-state index is -0.609. The van der Waals surface area contributed by atoms with Crippen molar-refractivity contribution in [1.82, 2.24) is 4.90 Å². The topological polar surface area (TPSA) is 89.4 Å². The molecule has 1 aliphatic rings. The van der Waals surface area contributed by atoms with Gasteiger partial charge in [-0.25, -0.2) is 0 Å². The van der Waals surface area contributed by atoms with E-state index in [9.17, 15) is 9.59 Å². The summed E-state index contributed by atoms with van der Waals surface area (Å²) in [6.07, 6.45) is 10.1. The zero-order chi connectivity index (χ0) is 17.2. The molecule has 0 saturated carbocycles. The van der Waals surface area contributed by atoms with Crippen molar-refractivity contribution in [3.8, 4) is 0 Å². The van der Waals surface area contributed by atoms with E-state index in [0.717, 1.165) is 25.7 Å². The molecule has 1 saturated heterocycles. The fraction of sp³-hybridized carbons (Fsp3) is 0.889. The summed E-state index contributed by atoms with van der Waals surface area (Å²) in [5, 5.41) is 0. The Morgan fingerprint density at radius 1 is 1.09 bits per heavy atom. The molecule has 0 aliphatic carbocycles. The second kappa shape index (κ2) is 10.8. The third kappa shape index (κ3) is 7.44. The van der Waals surface area contributed by atoms with Gasteiger partial charge in [0.2, 0.25) is 11.8 Å². The Morgan fingerprint density at radius 3 is 2.17 bits per heavy atom. The highest BCUT2D eigenvalue weighted by Gasteiger charge is 2.29. The van der Waals surface area contributed by atoms with Crippen LogP contribution in [0.4, 0.5) is 0 Å². The predicted octanol–water partition coefficient (Wildman–Crippen LogP) is 2.57. The van der Waals surface area contributed by atoms with Crippen molar-refractivity contribution in [2.24, 2.45) is 17.4 Å². The van der Waals surface area contributed by atoms with Crippen molar-refractivity contribution in [2.75, 3.05) is 6.54 Å². The van der Waals surface area contributed by atoms with Crippen molar-refractivity contribution in [1.29, 1.82) is 0 Å². The van der Waals surface area contributed by atoms with Crippen LogP contribution < -0.4 is 11.5 Å². The molecular weight excluding hydrogens is 290 g/mol. The molecule has 5 nitrogen and oxygen atoms in total. The molecule has 2 atom stereocenters. The number of hydrogen-bond donors (Lipinski definition) is 2. The monoisotopic (exact) mass is 325 g/mol. The second-order valence-electron chi connectivity index (χ2n) is 7.29. The molecule has 0 aromatic heterocycles. The minimum absolute atomic E-state index is 0.242. The van der Waals surface area contributed by atoms with Crippen molar-refractivity contribution in [3.05, 3.63) is 0 Å². The summed E-state index contributed by atoms with van der Waals surface area (Å²) in [6, 6.07) is -1.19. The van der Waals surface area contributed by atoms with Crippen LogP contribution in [0.15, 0.2) is 0 Å². The molecule has 0 aromatic carbocycles. The summed E-state index contributed by atoms with van der Waals surface area (Å²) in [7, 11) is 0. The molecule has 0 aromatic rings. The number of rotatable bonds is 3. The third-order valence-corrected chi connectivity index (χ3v) is 4.54. The SMILES string of the molecule is CC(C)C[C@H](N)C(=O)N1CCCCCCCCCC[C@H](N)C1=O. The van der Waals surface area contributed by atoms with Gasteiger partial charge in [-0.2, -0.15) is 0 Å². The first-order valence-electron chi connectivity index (χ1n) is 9.30. The molecule has 1 aliphatic heterocycles. The van der Waals surface area contributed by atoms with Crippen LogP contribution in [0.25, 0.3) is 0 Å². The molecule has 134 valence electrons. The van der Waals surface area contributed by atoms with E-state index in [1.165, 1.54) is 30.6 Å². The van der Waals surface area contributed by atoms with E-state index in [2.05, 4.69) is 0 Å². The van der Waals surface area contributed by atoms with Gasteiger partial charge in [0, 0.05) is 6.54 Å². The second-order valence-corrected chi connectivity index (χ2v) is 7.29. The van der Waals surface area contributed by atoms with Gasteiger partial charge in [-0.05, 0) is 25.2 Å². The van der Waals surface area contributed by atoms with Gasteiger partial charge in [0.15, 0.2) is 0 Å². The molecular formula is C18H35N3O2. The van der Waals surface area contributed by atoms with Crippen molar-refractivity contribution in [2.45, 2.75) is 90.1 Å². The molecule has 5 heteroatoms. The van der Waals surface area contributed by atoms with Crippen molar-refractivity contribution < 1.29 is 9.59 Å². The Morgan fingerprint density at radius 2 is 1.61 bits per heavy atom. The molecule has 0 radical (unpaired) electrons. The maximum absolute atomic E-state index is 12.6. The van der Waals surface area contributed by atoms with Gasteiger partial charge in [0.05, 0.1) is 12.1 Å². The van der Waals surface area contributed by atoms with Crippen LogP contribution >= 0.6 is 0 Å². The van der Waals surface area contributed by atoms with E-state index in [-0.39, 0.29) is 11.8 Å². The van der Waals surface area contributed by atoms with Gasteiger partial charge in [0.25, 0.3) is 0 Å². The van der Waals surface area contributed by atoms with Gasteiger partial charge >= 0.3 is 0 Å². The Labute approximate surface area is 141 Å². The van der Waals surface area contributed by atoms with Gasteiger partial charge in [-0.3, -0.25) is 14.5 Å². The Kier molecular flexibility index (Phi) is 9.41. The Balaban J connectivity index is 2.75. The third-order valence-electron chi connectivity index (χ3n) is 4.54. The van der Waals surface area contributed by atoms with Gasteiger partial charge in [-0.15, -0.1) is 0 Å². The molecule has 0 bridgehead atoms. The molecule has 2 amide bonds. The number of imide groups is 1. The first kappa shape index (κ1) is 20.1. The average molecular weight is 325 g/mol. The van der Waals surface area contributed by atoms with Crippen molar-refractivity contribution in [3.63, 3.8) is 0 Å². The minimum Gasteiger partial charge on any atom is -0.320 e. The smallest absolute Gasteiger partial charge is 0.246 e. The molecule has 1 rings (SSSR count). The normalized spacial score (nSPS) is 23.8. The molecule has 4 N–H and O–H groups in total. The van der Waals surface area contributed by atoms with E-state index >= 15 is 0 Å². The summed E-state index contributed by atoms with van der Waals surface area (Å²) < 4.78 is 0. The lowest BCUT2D eigenvalue weighted by molar-refractivity contribution is -0.147. The fourth-order valence-electron chi connectivity index (χ4n) is 3.16. The average Bonchev–Trinajstić information content (AvgIpc) is 2.51. The highest BCUT2D eigenvalue weighted by Crippen LogP contribution is 2.15. The van der Waals surface area contributed by atoms with Crippen LogP contribution in [-0.2, 0) is 9.59 Å². The summed E-state index contributed by atoms with van der Waals surface area (Å²) in [6.45, 7) is 4.51. The molecule has 1 heterocycles. The first-order chi connectivity index (χ1) is 10.9. The highest BCUT2D eigenvalue weighted by atomic mass is 16.2. The summed E-state index contributed by atoms with van der Waals surface area (Å²) in [5.74, 6) is -0.170. The van der Waals surface area contributed by atoms with Crippen LogP contribution in [0, 0.1) is 5.92 Å². The van der Waals surface area contributed by atoms with Crippen LogP contribution in [0.2, 0.25) is 0 Å². The standard InChI is InChI=1S/C18H35N3O2/c1-14(2)13-16(20)18(23)21-12-10-8-6-4-3-5-7-9-11-15(19)17(21)22/h14-16H,3-13,19-20H2,1-2H3/t15-,16-/m0/s1. The lowest BCUT2D eigenvalue weighted by atomic mass is 10.0. The van der Waals surface area contributed by atoms with Gasteiger partial charge in [0.1, 0.15) is 0 Å². The fourth-order valence-corrected chi connectivity index (χ4v) is 3.16. The number of nitrogens with two attached hydrogens (primary N) is 2. The number of nitrogens with zero attached hydrogens (tertiary/aromatic N) is 1. The number of carbonyl (C=O) groups is 2. The zero-order valence-corrected chi connectivity index (χ0v) is 14.9. The van der Waals surface area contributed by atoms with Crippen LogP contribution in [0.5, 0.6) is 0 Å². The van der Waals surface area contributed by atoms with E-state index in [0.29, 0.717) is 25.3 Å². The van der Waals surface area contributed by atoms with E-state index in [4.69, 9.17) is 11.5 Å². The maximum atomic E-state index is 12.6. The highest BCUT2D eigenvalue weighted by molar-refractivity contribution is 5.99. The molecule has 23 heavy (non-hydrogen) atoms. The van der Waals surface area contributed by atoms with Crippen LogP contribution in [-0.4, -0.2) is 35.3 Å². The number of carbonyl (C=O) groups excluding carboxylic acids is 2. The zero-order valence-electron chi connectivity index (χ0n) is 14.9. The molecule has 0 spiro atoms. The first-order valence-corrected chi connectivity index (χ1v) is 9.30. The maximum Gasteiger partial charge on any atom is 0.246 e. The largest absolute Gasteiger partial charge is 0.320 e. The van der Waals surface area contributed by atoms with Crippen LogP contribution in [0.1, 0.15) is 78.1 Å². The summed E-state index contributed by atoms with van der Waals surface area (Å²) in [4.78, 5) is 26.5. The Hall–Kier alpha value is -0.940. The van der Waals surface area contributed by atoms with Crippen LogP contribution in [0.3, 0.4) is 0 Å². The summed E-state index contributed by atoms with van der Waals surface area (Å²) in [5.41, 5.74) is 12.1. The number of amides is 2. The molecule has 0 unspecified atom stereocenters. The van der Waals surface area contributed by atoms with Gasteiger partial charge in [-0.1, -0.05) is 58.8 Å². The molecule has 1 fully saturated rings. The summed E-state index contributed by atoms with van der Waals surface area (Å²) >= 11 is 0. The quantitative estimate of drug-likeness (QED) is 0.834. The van der Waals surface area contributed by atoms with Gasteiger partial charge < -0.3 is 11.5 Å².